The molecule has 1 fully saturated rings. The van der Waals surface area contributed by atoms with E-state index in [-0.39, 0.29) is 29.3 Å². The summed E-state index contributed by atoms with van der Waals surface area (Å²) in [6.07, 6.45) is 2.17. The van der Waals surface area contributed by atoms with Gasteiger partial charge in [0.2, 0.25) is 0 Å². The molecule has 1 amide bonds. The standard InChI is InChI=1S/C16H25F2N3O2/c1-10(2)9-21-14(15(17)18)11(8-19-21)16(22)20-12-6-4-5-7-13(12)23-3/h8,10,12-13,15H,4-7,9H2,1-3H3,(H,20,22)/t12-,13+/m0/s1. The quantitative estimate of drug-likeness (QED) is 0.872. The van der Waals surface area contributed by atoms with Crippen LogP contribution in [0.25, 0.3) is 0 Å². The third kappa shape index (κ3) is 4.28. The Labute approximate surface area is 135 Å². The van der Waals surface area contributed by atoms with Crippen molar-refractivity contribution in [1.29, 1.82) is 0 Å². The molecule has 1 aromatic rings. The summed E-state index contributed by atoms with van der Waals surface area (Å²) in [5.41, 5.74) is -0.345. The van der Waals surface area contributed by atoms with E-state index in [0.29, 0.717) is 6.54 Å². The average molecular weight is 329 g/mol. The van der Waals surface area contributed by atoms with Crippen molar-refractivity contribution >= 4 is 5.91 Å². The van der Waals surface area contributed by atoms with Crippen LogP contribution in [0, 0.1) is 5.92 Å². The lowest BCUT2D eigenvalue weighted by Crippen LogP contribution is -2.46. The van der Waals surface area contributed by atoms with Crippen molar-refractivity contribution in [1.82, 2.24) is 15.1 Å². The minimum atomic E-state index is -2.73. The van der Waals surface area contributed by atoms with Crippen molar-refractivity contribution in [2.45, 2.75) is 64.6 Å². The highest BCUT2D eigenvalue weighted by Gasteiger charge is 2.30. The van der Waals surface area contributed by atoms with Crippen molar-refractivity contribution in [3.8, 4) is 0 Å². The van der Waals surface area contributed by atoms with Gasteiger partial charge in [-0.3, -0.25) is 9.48 Å². The maximum atomic E-state index is 13.4. The smallest absolute Gasteiger partial charge is 0.280 e. The highest BCUT2D eigenvalue weighted by atomic mass is 19.3. The van der Waals surface area contributed by atoms with Crippen LogP contribution < -0.4 is 5.32 Å². The summed E-state index contributed by atoms with van der Waals surface area (Å²) in [5.74, 6) is -0.330. The summed E-state index contributed by atoms with van der Waals surface area (Å²) in [5, 5.41) is 6.82. The molecule has 0 saturated heterocycles. The Balaban J connectivity index is 2.16. The van der Waals surface area contributed by atoms with Gasteiger partial charge in [0.25, 0.3) is 12.3 Å². The summed E-state index contributed by atoms with van der Waals surface area (Å²) in [7, 11) is 1.61. The molecule has 0 spiro atoms. The predicted octanol–water partition coefficient (Wildman–Crippen LogP) is 3.16. The number of nitrogens with one attached hydrogen (secondary N) is 1. The number of amides is 1. The van der Waals surface area contributed by atoms with Crippen molar-refractivity contribution in [2.24, 2.45) is 5.92 Å². The lowest BCUT2D eigenvalue weighted by atomic mass is 9.92. The van der Waals surface area contributed by atoms with E-state index in [4.69, 9.17) is 4.74 Å². The molecule has 0 aliphatic heterocycles. The van der Waals surface area contributed by atoms with Crippen molar-refractivity contribution in [3.05, 3.63) is 17.5 Å². The first-order chi connectivity index (χ1) is 10.9. The summed E-state index contributed by atoms with van der Waals surface area (Å²) >= 11 is 0. The number of halogens is 2. The third-order valence-electron chi connectivity index (χ3n) is 4.19. The van der Waals surface area contributed by atoms with Gasteiger partial charge in [-0.2, -0.15) is 5.10 Å². The van der Waals surface area contributed by atoms with Crippen LogP contribution in [0.2, 0.25) is 0 Å². The number of hydrogen-bond acceptors (Lipinski definition) is 3. The molecular formula is C16H25F2N3O2. The van der Waals surface area contributed by atoms with Crippen LogP contribution in [0.4, 0.5) is 8.78 Å². The molecule has 2 rings (SSSR count). The second-order valence-electron chi connectivity index (χ2n) is 6.46. The van der Waals surface area contributed by atoms with Crippen LogP contribution in [0.15, 0.2) is 6.20 Å². The molecule has 0 unspecified atom stereocenters. The summed E-state index contributed by atoms with van der Waals surface area (Å²) in [6.45, 7) is 4.20. The number of methoxy groups -OCH3 is 1. The van der Waals surface area contributed by atoms with Crippen molar-refractivity contribution < 1.29 is 18.3 Å². The minimum Gasteiger partial charge on any atom is -0.379 e. The topological polar surface area (TPSA) is 56.1 Å². The Kier molecular flexibility index (Phi) is 6.10. The third-order valence-corrected chi connectivity index (χ3v) is 4.19. The number of hydrogen-bond donors (Lipinski definition) is 1. The molecule has 5 nitrogen and oxygen atoms in total. The van der Waals surface area contributed by atoms with Gasteiger partial charge in [0.05, 0.1) is 23.9 Å². The second-order valence-corrected chi connectivity index (χ2v) is 6.46. The molecule has 0 aromatic carbocycles. The van der Waals surface area contributed by atoms with Crippen LogP contribution in [0.3, 0.4) is 0 Å². The Morgan fingerprint density at radius 2 is 2.13 bits per heavy atom. The Hall–Kier alpha value is -1.50. The summed E-state index contributed by atoms with van der Waals surface area (Å²) in [4.78, 5) is 12.4. The first kappa shape index (κ1) is 17.8. The highest BCUT2D eigenvalue weighted by Crippen LogP contribution is 2.25. The van der Waals surface area contributed by atoms with Gasteiger partial charge in [0.1, 0.15) is 5.69 Å². The minimum absolute atomic E-state index is 0.0407. The molecule has 7 heteroatoms. The van der Waals surface area contributed by atoms with E-state index in [2.05, 4.69) is 10.4 Å². The zero-order valence-electron chi connectivity index (χ0n) is 13.9. The van der Waals surface area contributed by atoms with Gasteiger partial charge >= 0.3 is 0 Å². The van der Waals surface area contributed by atoms with Crippen LogP contribution in [0.1, 0.15) is 62.0 Å². The molecular weight excluding hydrogens is 304 g/mol. The van der Waals surface area contributed by atoms with E-state index in [1.165, 1.54) is 10.9 Å². The van der Waals surface area contributed by atoms with E-state index in [1.54, 1.807) is 7.11 Å². The lowest BCUT2D eigenvalue weighted by molar-refractivity contribution is 0.0390. The van der Waals surface area contributed by atoms with E-state index in [1.807, 2.05) is 13.8 Å². The zero-order chi connectivity index (χ0) is 17.0. The van der Waals surface area contributed by atoms with Gasteiger partial charge < -0.3 is 10.1 Å². The fourth-order valence-electron chi connectivity index (χ4n) is 3.08. The van der Waals surface area contributed by atoms with E-state index >= 15 is 0 Å². The summed E-state index contributed by atoms with van der Waals surface area (Å²) < 4.78 is 33.4. The average Bonchev–Trinajstić information content (AvgIpc) is 2.90. The molecule has 1 heterocycles. The number of rotatable bonds is 6. The van der Waals surface area contributed by atoms with E-state index < -0.39 is 12.3 Å². The highest BCUT2D eigenvalue weighted by molar-refractivity contribution is 5.95. The normalized spacial score (nSPS) is 21.9. The monoisotopic (exact) mass is 329 g/mol. The van der Waals surface area contributed by atoms with Gasteiger partial charge in [0.15, 0.2) is 0 Å². The SMILES string of the molecule is CO[C@@H]1CCCC[C@@H]1NC(=O)c1cnn(CC(C)C)c1C(F)F. The van der Waals surface area contributed by atoms with Gasteiger partial charge in [-0.15, -0.1) is 0 Å². The van der Waals surface area contributed by atoms with E-state index in [0.717, 1.165) is 25.7 Å². The maximum Gasteiger partial charge on any atom is 0.280 e. The molecule has 23 heavy (non-hydrogen) atoms. The van der Waals surface area contributed by atoms with Gasteiger partial charge in [0, 0.05) is 13.7 Å². The van der Waals surface area contributed by atoms with Gasteiger partial charge in [-0.05, 0) is 18.8 Å². The Morgan fingerprint density at radius 3 is 2.74 bits per heavy atom. The molecule has 0 radical (unpaired) electrons. The predicted molar refractivity (Wildman–Crippen MR) is 82.5 cm³/mol. The van der Waals surface area contributed by atoms with Gasteiger partial charge in [-0.25, -0.2) is 8.78 Å². The molecule has 1 aromatic heterocycles. The first-order valence-corrected chi connectivity index (χ1v) is 8.11. The molecule has 1 aliphatic carbocycles. The number of carbonyl (C=O) groups excluding carboxylic acids is 1. The van der Waals surface area contributed by atoms with Gasteiger partial charge in [-0.1, -0.05) is 26.7 Å². The molecule has 1 aliphatic rings. The Morgan fingerprint density at radius 1 is 1.43 bits per heavy atom. The van der Waals surface area contributed by atoms with Crippen molar-refractivity contribution in [3.63, 3.8) is 0 Å². The molecule has 1 N–H and O–H groups in total. The molecule has 2 atom stereocenters. The number of carbonyl (C=O) groups is 1. The first-order valence-electron chi connectivity index (χ1n) is 8.11. The number of alkyl halides is 2. The largest absolute Gasteiger partial charge is 0.379 e. The Bertz CT molecular complexity index is 531. The van der Waals surface area contributed by atoms with Crippen LogP contribution >= 0.6 is 0 Å². The zero-order valence-corrected chi connectivity index (χ0v) is 13.9. The maximum absolute atomic E-state index is 13.4. The fraction of sp³-hybridized carbons (Fsp3) is 0.750. The molecule has 0 bridgehead atoms. The number of ether oxygens (including phenoxy) is 1. The van der Waals surface area contributed by atoms with Crippen LogP contribution in [-0.2, 0) is 11.3 Å². The molecule has 1 saturated carbocycles. The van der Waals surface area contributed by atoms with Crippen molar-refractivity contribution in [2.75, 3.05) is 7.11 Å². The lowest BCUT2D eigenvalue weighted by Gasteiger charge is -2.31. The fourth-order valence-corrected chi connectivity index (χ4v) is 3.08. The van der Waals surface area contributed by atoms with Crippen LogP contribution in [0.5, 0.6) is 0 Å². The number of aromatic nitrogens is 2. The number of nitrogens with zero attached hydrogens (tertiary/aromatic N) is 2. The molecule has 130 valence electrons. The van der Waals surface area contributed by atoms with Crippen LogP contribution in [-0.4, -0.2) is 34.9 Å². The second kappa shape index (κ2) is 7.86. The van der Waals surface area contributed by atoms with E-state index in [9.17, 15) is 13.6 Å². The summed E-state index contributed by atoms with van der Waals surface area (Å²) in [6, 6.07) is -0.139.